The lowest BCUT2D eigenvalue weighted by molar-refractivity contribution is -0.158. The van der Waals surface area contributed by atoms with E-state index in [1.165, 1.54) is 6.92 Å². The maximum Gasteiger partial charge on any atom is 0.433 e. The molecule has 0 N–H and O–H groups in total. The van der Waals surface area contributed by atoms with E-state index in [4.69, 9.17) is 0 Å². The Hall–Kier alpha value is -1.53. The molecule has 1 aliphatic carbocycles. The van der Waals surface area contributed by atoms with Gasteiger partial charge in [0.2, 0.25) is 5.91 Å². The van der Waals surface area contributed by atoms with Crippen LogP contribution in [0.3, 0.4) is 0 Å². The fourth-order valence-electron chi connectivity index (χ4n) is 3.54. The normalized spacial score (nSPS) is 21.1. The highest BCUT2D eigenvalue weighted by molar-refractivity contribution is 5.74. The zero-order valence-electron chi connectivity index (χ0n) is 12.9. The van der Waals surface area contributed by atoms with E-state index in [9.17, 15) is 18.0 Å². The Bertz CT molecular complexity index is 592. The van der Waals surface area contributed by atoms with Crippen LogP contribution in [0.15, 0.2) is 6.07 Å². The highest BCUT2D eigenvalue weighted by atomic mass is 19.4. The minimum absolute atomic E-state index is 0.0170. The molecule has 1 saturated heterocycles. The van der Waals surface area contributed by atoms with Gasteiger partial charge in [0.25, 0.3) is 0 Å². The van der Waals surface area contributed by atoms with Gasteiger partial charge < -0.3 is 4.90 Å². The number of nitrogens with zero attached hydrogens (tertiary/aromatic N) is 3. The third kappa shape index (κ3) is 2.40. The van der Waals surface area contributed by atoms with Crippen molar-refractivity contribution in [3.05, 3.63) is 17.5 Å². The van der Waals surface area contributed by atoms with Crippen molar-refractivity contribution in [2.45, 2.75) is 51.7 Å². The highest BCUT2D eigenvalue weighted by Crippen LogP contribution is 2.55. The Balaban J connectivity index is 1.76. The SMILES string of the molecule is CC(=O)N1CC2(CC(n3nc(C(C)C)cc3C(F)(F)F)C2)C1. The van der Waals surface area contributed by atoms with E-state index in [0.717, 1.165) is 10.7 Å². The molecule has 7 heteroatoms. The summed E-state index contributed by atoms with van der Waals surface area (Å²) in [6, 6.07) is 0.955. The third-order valence-corrected chi connectivity index (χ3v) is 4.82. The van der Waals surface area contributed by atoms with Crippen LogP contribution in [-0.2, 0) is 11.0 Å². The van der Waals surface area contributed by atoms with Crippen molar-refractivity contribution < 1.29 is 18.0 Å². The lowest BCUT2D eigenvalue weighted by atomic mass is 9.60. The zero-order chi connectivity index (χ0) is 16.3. The number of carbonyl (C=O) groups is 1. The van der Waals surface area contributed by atoms with Crippen molar-refractivity contribution in [3.8, 4) is 0 Å². The number of hydrogen-bond acceptors (Lipinski definition) is 2. The number of hydrogen-bond donors (Lipinski definition) is 0. The van der Waals surface area contributed by atoms with Gasteiger partial charge in [-0.1, -0.05) is 13.8 Å². The number of halogens is 3. The highest BCUT2D eigenvalue weighted by Gasteiger charge is 2.55. The second kappa shape index (κ2) is 4.73. The molecule has 1 spiro atoms. The molecular formula is C15H20F3N3O. The molecule has 0 aromatic carbocycles. The molecule has 1 saturated carbocycles. The summed E-state index contributed by atoms with van der Waals surface area (Å²) in [7, 11) is 0. The molecule has 3 rings (SSSR count). The van der Waals surface area contributed by atoms with E-state index < -0.39 is 11.9 Å². The molecule has 0 unspecified atom stereocenters. The van der Waals surface area contributed by atoms with E-state index in [-0.39, 0.29) is 23.3 Å². The molecule has 1 amide bonds. The average molecular weight is 315 g/mol. The van der Waals surface area contributed by atoms with Gasteiger partial charge in [-0.15, -0.1) is 0 Å². The van der Waals surface area contributed by atoms with Gasteiger partial charge in [0.15, 0.2) is 0 Å². The topological polar surface area (TPSA) is 38.1 Å². The van der Waals surface area contributed by atoms with Crippen LogP contribution in [0, 0.1) is 5.41 Å². The molecule has 1 aromatic rings. The second-order valence-electron chi connectivity index (χ2n) is 6.99. The Morgan fingerprint density at radius 1 is 1.36 bits per heavy atom. The summed E-state index contributed by atoms with van der Waals surface area (Å²) in [4.78, 5) is 13.0. The largest absolute Gasteiger partial charge is 0.433 e. The van der Waals surface area contributed by atoms with E-state index >= 15 is 0 Å². The quantitative estimate of drug-likeness (QED) is 0.840. The van der Waals surface area contributed by atoms with Crippen molar-refractivity contribution in [3.63, 3.8) is 0 Å². The predicted molar refractivity (Wildman–Crippen MR) is 74.3 cm³/mol. The zero-order valence-corrected chi connectivity index (χ0v) is 12.9. The summed E-state index contributed by atoms with van der Waals surface area (Å²) in [5.41, 5.74) is -0.158. The molecule has 0 bridgehead atoms. The molecule has 2 fully saturated rings. The van der Waals surface area contributed by atoms with Crippen LogP contribution >= 0.6 is 0 Å². The summed E-state index contributed by atoms with van der Waals surface area (Å²) < 4.78 is 40.7. The second-order valence-corrected chi connectivity index (χ2v) is 6.99. The molecule has 4 nitrogen and oxygen atoms in total. The summed E-state index contributed by atoms with van der Waals surface area (Å²) in [5.74, 6) is -0.000433. The third-order valence-electron chi connectivity index (χ3n) is 4.82. The number of carbonyl (C=O) groups excluding carboxylic acids is 1. The summed E-state index contributed by atoms with van der Waals surface area (Å²) >= 11 is 0. The molecule has 2 aliphatic rings. The molecule has 0 atom stereocenters. The maximum absolute atomic E-state index is 13.2. The number of likely N-dealkylation sites (tertiary alicyclic amines) is 1. The first-order chi connectivity index (χ1) is 10.1. The first-order valence-electron chi connectivity index (χ1n) is 7.53. The number of rotatable bonds is 2. The summed E-state index contributed by atoms with van der Waals surface area (Å²) in [5, 5.41) is 4.19. The van der Waals surface area contributed by atoms with Crippen LogP contribution in [0.1, 0.15) is 57.0 Å². The van der Waals surface area contributed by atoms with Gasteiger partial charge in [0.05, 0.1) is 11.7 Å². The molecule has 2 heterocycles. The lowest BCUT2D eigenvalue weighted by Gasteiger charge is -2.58. The van der Waals surface area contributed by atoms with Crippen LogP contribution in [0.2, 0.25) is 0 Å². The predicted octanol–water partition coefficient (Wildman–Crippen LogP) is 3.21. The van der Waals surface area contributed by atoms with Crippen molar-refractivity contribution >= 4 is 5.91 Å². The van der Waals surface area contributed by atoms with E-state index in [0.29, 0.717) is 31.6 Å². The van der Waals surface area contributed by atoms with E-state index in [1.807, 2.05) is 13.8 Å². The maximum atomic E-state index is 13.2. The van der Waals surface area contributed by atoms with Gasteiger partial charge in [0.1, 0.15) is 5.69 Å². The van der Waals surface area contributed by atoms with Crippen LogP contribution in [0.25, 0.3) is 0 Å². The minimum atomic E-state index is -4.38. The summed E-state index contributed by atoms with van der Waals surface area (Å²) in [6.45, 7) is 6.53. The molecule has 122 valence electrons. The molecule has 22 heavy (non-hydrogen) atoms. The van der Waals surface area contributed by atoms with Crippen LogP contribution in [-0.4, -0.2) is 33.7 Å². The van der Waals surface area contributed by atoms with E-state index in [1.54, 1.807) is 4.90 Å². The standard InChI is InChI=1S/C15H20F3N3O/c1-9(2)12-4-13(15(16,17)18)21(19-12)11-5-14(6-11)7-20(8-14)10(3)22/h4,9,11H,5-8H2,1-3H3. The van der Waals surface area contributed by atoms with Crippen molar-refractivity contribution in [2.24, 2.45) is 5.41 Å². The van der Waals surface area contributed by atoms with Gasteiger partial charge >= 0.3 is 6.18 Å². The van der Waals surface area contributed by atoms with Crippen molar-refractivity contribution in [2.75, 3.05) is 13.1 Å². The van der Waals surface area contributed by atoms with Crippen molar-refractivity contribution in [1.82, 2.24) is 14.7 Å². The lowest BCUT2D eigenvalue weighted by Crippen LogP contribution is -2.63. The minimum Gasteiger partial charge on any atom is -0.342 e. The first-order valence-corrected chi connectivity index (χ1v) is 7.53. The van der Waals surface area contributed by atoms with Crippen LogP contribution in [0.5, 0.6) is 0 Å². The van der Waals surface area contributed by atoms with Crippen LogP contribution in [0.4, 0.5) is 13.2 Å². The smallest absolute Gasteiger partial charge is 0.342 e. The molecule has 0 radical (unpaired) electrons. The van der Waals surface area contributed by atoms with Gasteiger partial charge in [-0.3, -0.25) is 9.48 Å². The number of alkyl halides is 3. The van der Waals surface area contributed by atoms with Gasteiger partial charge in [-0.2, -0.15) is 18.3 Å². The molecular weight excluding hydrogens is 295 g/mol. The fourth-order valence-corrected chi connectivity index (χ4v) is 3.54. The van der Waals surface area contributed by atoms with Gasteiger partial charge in [-0.05, 0) is 24.8 Å². The Kier molecular flexibility index (Phi) is 3.30. The Labute approximate surface area is 127 Å². The molecule has 1 aliphatic heterocycles. The van der Waals surface area contributed by atoms with Crippen molar-refractivity contribution in [1.29, 1.82) is 0 Å². The van der Waals surface area contributed by atoms with Gasteiger partial charge in [0, 0.05) is 25.4 Å². The first kappa shape index (κ1) is 15.4. The number of aromatic nitrogens is 2. The van der Waals surface area contributed by atoms with E-state index in [2.05, 4.69) is 5.10 Å². The van der Waals surface area contributed by atoms with Gasteiger partial charge in [-0.25, -0.2) is 0 Å². The molecule has 1 aromatic heterocycles. The summed E-state index contributed by atoms with van der Waals surface area (Å²) in [6.07, 6.45) is -3.05. The Morgan fingerprint density at radius 2 is 1.95 bits per heavy atom. The van der Waals surface area contributed by atoms with Crippen LogP contribution < -0.4 is 0 Å². The monoisotopic (exact) mass is 315 g/mol. The number of amides is 1. The fraction of sp³-hybridized carbons (Fsp3) is 0.733. The Morgan fingerprint density at radius 3 is 2.41 bits per heavy atom. The average Bonchev–Trinajstić information content (AvgIpc) is 2.69.